The summed E-state index contributed by atoms with van der Waals surface area (Å²) in [6.07, 6.45) is 0.890. The fourth-order valence-corrected chi connectivity index (χ4v) is 2.44. The molecule has 2 aromatic rings. The Balaban J connectivity index is 1.92. The molecule has 0 saturated heterocycles. The third-order valence-corrected chi connectivity index (χ3v) is 4.16. The van der Waals surface area contributed by atoms with Crippen LogP contribution in [0.25, 0.3) is 0 Å². The van der Waals surface area contributed by atoms with Crippen LogP contribution in [0, 0.1) is 0 Å². The van der Waals surface area contributed by atoms with Crippen molar-refractivity contribution in [2.45, 2.75) is 39.5 Å². The molecule has 5 nitrogen and oxygen atoms in total. The molecule has 26 heavy (non-hydrogen) atoms. The standard InChI is InChI=1S/C21H26N2O3/c1-4-15(2)23-21(25)18-10-8-16(9-11-18)13-22-20(24)19-7-5-6-17(12-19)14-26-3/h5-12,15H,4,13-14H2,1-3H3,(H,22,24)(H,23,25). The first-order valence-corrected chi connectivity index (χ1v) is 8.79. The Labute approximate surface area is 154 Å². The molecule has 2 rings (SSSR count). The second-order valence-electron chi connectivity index (χ2n) is 6.30. The fraction of sp³-hybridized carbons (Fsp3) is 0.333. The minimum absolute atomic E-state index is 0.0788. The van der Waals surface area contributed by atoms with E-state index < -0.39 is 0 Å². The Hall–Kier alpha value is -2.66. The SMILES string of the molecule is CCC(C)NC(=O)c1ccc(CNC(=O)c2cccc(COC)c2)cc1. The number of rotatable bonds is 8. The van der Waals surface area contributed by atoms with Crippen molar-refractivity contribution in [1.29, 1.82) is 0 Å². The van der Waals surface area contributed by atoms with Crippen molar-refractivity contribution in [2.75, 3.05) is 7.11 Å². The molecule has 0 saturated carbocycles. The molecule has 1 unspecified atom stereocenters. The van der Waals surface area contributed by atoms with Crippen LogP contribution < -0.4 is 10.6 Å². The van der Waals surface area contributed by atoms with E-state index in [0.29, 0.717) is 24.3 Å². The summed E-state index contributed by atoms with van der Waals surface area (Å²) in [6.45, 7) is 4.88. The van der Waals surface area contributed by atoms with Crippen molar-refractivity contribution in [3.63, 3.8) is 0 Å². The average molecular weight is 354 g/mol. The largest absolute Gasteiger partial charge is 0.380 e. The minimum atomic E-state index is -0.137. The Morgan fingerprint density at radius 2 is 1.73 bits per heavy atom. The number of nitrogens with one attached hydrogen (secondary N) is 2. The van der Waals surface area contributed by atoms with Gasteiger partial charge in [-0.15, -0.1) is 0 Å². The van der Waals surface area contributed by atoms with Gasteiger partial charge in [0, 0.05) is 30.8 Å². The number of methoxy groups -OCH3 is 1. The van der Waals surface area contributed by atoms with Crippen molar-refractivity contribution in [1.82, 2.24) is 10.6 Å². The highest BCUT2D eigenvalue weighted by Gasteiger charge is 2.09. The van der Waals surface area contributed by atoms with Gasteiger partial charge in [-0.25, -0.2) is 0 Å². The number of ether oxygens (including phenoxy) is 1. The van der Waals surface area contributed by atoms with Gasteiger partial charge in [0.25, 0.3) is 11.8 Å². The summed E-state index contributed by atoms with van der Waals surface area (Å²) in [6, 6.07) is 14.8. The highest BCUT2D eigenvalue weighted by atomic mass is 16.5. The topological polar surface area (TPSA) is 67.4 Å². The van der Waals surface area contributed by atoms with Gasteiger partial charge < -0.3 is 15.4 Å². The molecule has 0 aliphatic heterocycles. The Bertz CT molecular complexity index is 741. The van der Waals surface area contributed by atoms with Crippen LogP contribution in [-0.2, 0) is 17.9 Å². The maximum atomic E-state index is 12.3. The first kappa shape index (κ1) is 19.7. The molecule has 0 aromatic heterocycles. The number of hydrogen-bond donors (Lipinski definition) is 2. The van der Waals surface area contributed by atoms with Gasteiger partial charge in [-0.3, -0.25) is 9.59 Å². The lowest BCUT2D eigenvalue weighted by Crippen LogP contribution is -2.31. The van der Waals surface area contributed by atoms with E-state index in [1.165, 1.54) is 0 Å². The highest BCUT2D eigenvalue weighted by molar-refractivity contribution is 5.95. The van der Waals surface area contributed by atoms with E-state index in [9.17, 15) is 9.59 Å². The van der Waals surface area contributed by atoms with Crippen molar-refractivity contribution in [3.8, 4) is 0 Å². The molecule has 1 atom stereocenters. The van der Waals surface area contributed by atoms with Crippen LogP contribution in [0.1, 0.15) is 52.1 Å². The monoisotopic (exact) mass is 354 g/mol. The summed E-state index contributed by atoms with van der Waals surface area (Å²) in [5.41, 5.74) is 3.11. The van der Waals surface area contributed by atoms with E-state index in [4.69, 9.17) is 4.74 Å². The molecule has 2 aromatic carbocycles. The lowest BCUT2D eigenvalue weighted by molar-refractivity contribution is 0.0934. The molecule has 0 fully saturated rings. The van der Waals surface area contributed by atoms with Crippen LogP contribution in [-0.4, -0.2) is 25.0 Å². The predicted molar refractivity (Wildman–Crippen MR) is 102 cm³/mol. The van der Waals surface area contributed by atoms with Gasteiger partial charge >= 0.3 is 0 Å². The zero-order valence-electron chi connectivity index (χ0n) is 15.5. The second-order valence-corrected chi connectivity index (χ2v) is 6.30. The van der Waals surface area contributed by atoms with Crippen LogP contribution in [0.3, 0.4) is 0 Å². The number of benzene rings is 2. The van der Waals surface area contributed by atoms with Gasteiger partial charge in [0.2, 0.25) is 0 Å². The van der Waals surface area contributed by atoms with Crippen molar-refractivity contribution >= 4 is 11.8 Å². The normalized spacial score (nSPS) is 11.7. The Morgan fingerprint density at radius 3 is 2.38 bits per heavy atom. The molecule has 0 spiro atoms. The van der Waals surface area contributed by atoms with E-state index in [0.717, 1.165) is 17.5 Å². The van der Waals surface area contributed by atoms with Crippen LogP contribution in [0.4, 0.5) is 0 Å². The van der Waals surface area contributed by atoms with E-state index in [1.54, 1.807) is 25.3 Å². The number of amides is 2. The van der Waals surface area contributed by atoms with Crippen LogP contribution in [0.5, 0.6) is 0 Å². The Morgan fingerprint density at radius 1 is 1.00 bits per heavy atom. The number of carbonyl (C=O) groups is 2. The first-order chi connectivity index (χ1) is 12.5. The highest BCUT2D eigenvalue weighted by Crippen LogP contribution is 2.08. The van der Waals surface area contributed by atoms with Crippen molar-refractivity contribution in [2.24, 2.45) is 0 Å². The predicted octanol–water partition coefficient (Wildman–Crippen LogP) is 3.29. The summed E-state index contributed by atoms with van der Waals surface area (Å²) in [5, 5.41) is 5.83. The fourth-order valence-electron chi connectivity index (χ4n) is 2.44. The second kappa shape index (κ2) is 9.73. The molecule has 0 bridgehead atoms. The summed E-state index contributed by atoms with van der Waals surface area (Å²) >= 11 is 0. The van der Waals surface area contributed by atoms with Crippen LogP contribution in [0.15, 0.2) is 48.5 Å². The maximum absolute atomic E-state index is 12.3. The molecule has 0 aliphatic rings. The number of hydrogen-bond acceptors (Lipinski definition) is 3. The van der Waals surface area contributed by atoms with E-state index >= 15 is 0 Å². The third kappa shape index (κ3) is 5.70. The van der Waals surface area contributed by atoms with Gasteiger partial charge in [0.15, 0.2) is 0 Å². The van der Waals surface area contributed by atoms with Crippen molar-refractivity contribution in [3.05, 3.63) is 70.8 Å². The Kier molecular flexibility index (Phi) is 7.36. The van der Waals surface area contributed by atoms with E-state index in [2.05, 4.69) is 10.6 Å². The van der Waals surface area contributed by atoms with Gasteiger partial charge in [0.1, 0.15) is 0 Å². The smallest absolute Gasteiger partial charge is 0.251 e. The zero-order valence-corrected chi connectivity index (χ0v) is 15.5. The zero-order chi connectivity index (χ0) is 18.9. The lowest BCUT2D eigenvalue weighted by atomic mass is 10.1. The average Bonchev–Trinajstić information content (AvgIpc) is 2.66. The number of carbonyl (C=O) groups excluding carboxylic acids is 2. The van der Waals surface area contributed by atoms with Crippen molar-refractivity contribution < 1.29 is 14.3 Å². The van der Waals surface area contributed by atoms with Gasteiger partial charge in [-0.2, -0.15) is 0 Å². The van der Waals surface area contributed by atoms with Gasteiger partial charge in [-0.1, -0.05) is 31.2 Å². The van der Waals surface area contributed by atoms with Crippen LogP contribution in [0.2, 0.25) is 0 Å². The molecular weight excluding hydrogens is 328 g/mol. The first-order valence-electron chi connectivity index (χ1n) is 8.79. The molecule has 0 radical (unpaired) electrons. The molecular formula is C21H26N2O3. The minimum Gasteiger partial charge on any atom is -0.380 e. The third-order valence-electron chi connectivity index (χ3n) is 4.16. The van der Waals surface area contributed by atoms with Crippen LogP contribution >= 0.6 is 0 Å². The summed E-state index contributed by atoms with van der Waals surface area (Å²) < 4.78 is 5.09. The quantitative estimate of drug-likeness (QED) is 0.764. The lowest BCUT2D eigenvalue weighted by Gasteiger charge is -2.12. The molecule has 138 valence electrons. The van der Waals surface area contributed by atoms with E-state index in [-0.39, 0.29) is 17.9 Å². The van der Waals surface area contributed by atoms with E-state index in [1.807, 2.05) is 44.2 Å². The maximum Gasteiger partial charge on any atom is 0.251 e. The molecule has 0 aliphatic carbocycles. The molecule has 5 heteroatoms. The summed E-state index contributed by atoms with van der Waals surface area (Å²) in [5.74, 6) is -0.216. The summed E-state index contributed by atoms with van der Waals surface area (Å²) in [4.78, 5) is 24.4. The molecule has 2 amide bonds. The van der Waals surface area contributed by atoms with Gasteiger partial charge in [-0.05, 0) is 48.7 Å². The van der Waals surface area contributed by atoms with Gasteiger partial charge in [0.05, 0.1) is 6.61 Å². The molecule has 0 heterocycles. The molecule has 2 N–H and O–H groups in total. The summed E-state index contributed by atoms with van der Waals surface area (Å²) in [7, 11) is 1.62.